The first-order chi connectivity index (χ1) is 7.51. The fourth-order valence-corrected chi connectivity index (χ4v) is 0.845. The van der Waals surface area contributed by atoms with Gasteiger partial charge in [-0.1, -0.05) is 25.3 Å². The molecule has 0 rings (SSSR count). The van der Waals surface area contributed by atoms with E-state index in [1.165, 1.54) is 12.2 Å². The molecular weight excluding hydrogens is 212 g/mol. The maximum atomic E-state index is 11.3. The Morgan fingerprint density at radius 3 is 2.31 bits per heavy atom. The molecule has 5 nitrogen and oxygen atoms in total. The van der Waals surface area contributed by atoms with E-state index < -0.39 is 17.9 Å². The summed E-state index contributed by atoms with van der Waals surface area (Å²) in [4.78, 5) is 32.8. The first-order valence-corrected chi connectivity index (χ1v) is 4.36. The van der Waals surface area contributed by atoms with Crippen LogP contribution in [0.2, 0.25) is 0 Å². The van der Waals surface area contributed by atoms with Crippen LogP contribution in [0.4, 0.5) is 0 Å². The van der Waals surface area contributed by atoms with Gasteiger partial charge in [0, 0.05) is 12.5 Å². The average molecular weight is 224 g/mol. The Labute approximate surface area is 93.0 Å². The highest BCUT2D eigenvalue weighted by atomic mass is 16.6. The zero-order chi connectivity index (χ0) is 12.6. The molecule has 0 aromatic carbocycles. The predicted molar refractivity (Wildman–Crippen MR) is 56.0 cm³/mol. The number of esters is 3. The largest absolute Gasteiger partial charge is 0.432 e. The van der Waals surface area contributed by atoms with Crippen molar-refractivity contribution in [3.8, 4) is 0 Å². The van der Waals surface area contributed by atoms with Crippen molar-refractivity contribution in [3.63, 3.8) is 0 Å². The molecule has 0 radical (unpaired) electrons. The molecule has 0 amide bonds. The van der Waals surface area contributed by atoms with Crippen molar-refractivity contribution in [2.75, 3.05) is 0 Å². The summed E-state index contributed by atoms with van der Waals surface area (Å²) in [5.41, 5.74) is 0.0288. The van der Waals surface area contributed by atoms with E-state index in [2.05, 4.69) is 22.6 Å². The van der Waals surface area contributed by atoms with Gasteiger partial charge in [0.15, 0.2) is 0 Å². The maximum absolute atomic E-state index is 11.3. The third kappa shape index (κ3) is 5.54. The summed E-state index contributed by atoms with van der Waals surface area (Å²) >= 11 is 0. The highest BCUT2D eigenvalue weighted by Gasteiger charge is 2.16. The molecule has 0 aliphatic heterocycles. The van der Waals surface area contributed by atoms with Gasteiger partial charge < -0.3 is 9.47 Å². The van der Waals surface area contributed by atoms with Gasteiger partial charge in [0.05, 0.1) is 12.7 Å². The molecule has 0 N–H and O–H groups in total. The normalized spacial score (nSPS) is 10.2. The van der Waals surface area contributed by atoms with Gasteiger partial charge in [-0.15, -0.1) is 0 Å². The van der Waals surface area contributed by atoms with E-state index in [4.69, 9.17) is 0 Å². The van der Waals surface area contributed by atoms with E-state index in [1.807, 2.05) is 0 Å². The molecule has 0 fully saturated rings. The van der Waals surface area contributed by atoms with E-state index in [1.54, 1.807) is 0 Å². The molecule has 0 aliphatic rings. The Morgan fingerprint density at radius 1 is 1.25 bits per heavy atom. The van der Waals surface area contributed by atoms with Crippen molar-refractivity contribution in [1.29, 1.82) is 0 Å². The molecular formula is C11H12O5. The second kappa shape index (κ2) is 7.17. The minimum atomic E-state index is -0.832. The molecule has 0 aliphatic carbocycles. The van der Waals surface area contributed by atoms with Gasteiger partial charge in [-0.05, 0) is 0 Å². The van der Waals surface area contributed by atoms with Gasteiger partial charge in [0.2, 0.25) is 0 Å². The van der Waals surface area contributed by atoms with Crippen LogP contribution in [0.1, 0.15) is 13.3 Å². The molecule has 5 heteroatoms. The highest BCUT2D eigenvalue weighted by Crippen LogP contribution is 2.06. The maximum Gasteiger partial charge on any atom is 0.339 e. The lowest BCUT2D eigenvalue weighted by Gasteiger charge is -2.03. The van der Waals surface area contributed by atoms with Gasteiger partial charge in [-0.25, -0.2) is 4.79 Å². The van der Waals surface area contributed by atoms with Crippen LogP contribution in [0.5, 0.6) is 0 Å². The topological polar surface area (TPSA) is 69.7 Å². The predicted octanol–water partition coefficient (Wildman–Crippen LogP) is 1.27. The van der Waals surface area contributed by atoms with E-state index >= 15 is 0 Å². The van der Waals surface area contributed by atoms with Crippen LogP contribution in [0.3, 0.4) is 0 Å². The lowest BCUT2D eigenvalue weighted by molar-refractivity contribution is -0.158. The summed E-state index contributed by atoms with van der Waals surface area (Å²) in [6.45, 7) is 7.68. The molecule has 16 heavy (non-hydrogen) atoms. The van der Waals surface area contributed by atoms with Crippen molar-refractivity contribution >= 4 is 17.9 Å². The summed E-state index contributed by atoms with van der Waals surface area (Å²) in [5.74, 6) is -2.31. The summed E-state index contributed by atoms with van der Waals surface area (Å²) in [6.07, 6.45) is 3.20. The number of hydrogen-bond donors (Lipinski definition) is 0. The lowest BCUT2D eigenvalue weighted by Crippen LogP contribution is -2.14. The van der Waals surface area contributed by atoms with Crippen LogP contribution in [0, 0.1) is 0 Å². The number of ether oxygens (including phenoxy) is 2. The third-order valence-corrected chi connectivity index (χ3v) is 1.36. The number of allylic oxidation sites excluding steroid dienone is 2. The molecule has 0 spiro atoms. The van der Waals surface area contributed by atoms with E-state index in [-0.39, 0.29) is 12.0 Å². The second-order valence-corrected chi connectivity index (χ2v) is 2.64. The highest BCUT2D eigenvalue weighted by molar-refractivity contribution is 5.96. The third-order valence-electron chi connectivity index (χ3n) is 1.36. The van der Waals surface area contributed by atoms with Crippen molar-refractivity contribution in [2.24, 2.45) is 0 Å². The molecule has 0 atom stereocenters. The average Bonchev–Trinajstić information content (AvgIpc) is 2.16. The van der Waals surface area contributed by atoms with Gasteiger partial charge in [0.1, 0.15) is 0 Å². The number of hydrogen-bond acceptors (Lipinski definition) is 5. The number of carbonyl (C=O) groups excluding carboxylic acids is 3. The second-order valence-electron chi connectivity index (χ2n) is 2.64. The summed E-state index contributed by atoms with van der Waals surface area (Å²) in [6, 6.07) is 0. The first-order valence-electron chi connectivity index (χ1n) is 4.36. The lowest BCUT2D eigenvalue weighted by atomic mass is 10.2. The van der Waals surface area contributed by atoms with Crippen LogP contribution in [-0.2, 0) is 23.9 Å². The minimum absolute atomic E-state index is 0.0288. The number of carbonyl (C=O) groups is 3. The monoisotopic (exact) mass is 224 g/mol. The number of rotatable bonds is 5. The SMILES string of the molecule is C=CC=C(CC(=O)OC(C)=O)C(=O)OC=C. The van der Waals surface area contributed by atoms with Gasteiger partial charge in [-0.2, -0.15) is 0 Å². The molecule has 0 aromatic heterocycles. The van der Waals surface area contributed by atoms with Crippen LogP contribution in [-0.4, -0.2) is 17.9 Å². The van der Waals surface area contributed by atoms with Gasteiger partial charge >= 0.3 is 17.9 Å². The fourth-order valence-electron chi connectivity index (χ4n) is 0.845. The van der Waals surface area contributed by atoms with Crippen molar-refractivity contribution in [1.82, 2.24) is 0 Å². The molecule has 0 aromatic rings. The molecule has 0 bridgehead atoms. The zero-order valence-corrected chi connectivity index (χ0v) is 8.89. The fraction of sp³-hybridized carbons (Fsp3) is 0.182. The van der Waals surface area contributed by atoms with Gasteiger partial charge in [0.25, 0.3) is 0 Å². The van der Waals surface area contributed by atoms with Crippen LogP contribution < -0.4 is 0 Å². The Hall–Kier alpha value is -2.17. The van der Waals surface area contributed by atoms with E-state index in [0.717, 1.165) is 13.2 Å². The quantitative estimate of drug-likeness (QED) is 0.231. The first kappa shape index (κ1) is 13.8. The zero-order valence-electron chi connectivity index (χ0n) is 8.89. The smallest absolute Gasteiger partial charge is 0.339 e. The van der Waals surface area contributed by atoms with Crippen molar-refractivity contribution in [3.05, 3.63) is 37.1 Å². The standard InChI is InChI=1S/C11H12O5/c1-4-6-9(11(14)15-5-2)7-10(13)16-8(3)12/h4-6H,1-2,7H2,3H3. The summed E-state index contributed by atoms with van der Waals surface area (Å²) in [5, 5.41) is 0. The molecule has 0 saturated carbocycles. The molecule has 0 saturated heterocycles. The van der Waals surface area contributed by atoms with Crippen molar-refractivity contribution in [2.45, 2.75) is 13.3 Å². The Bertz CT molecular complexity index is 351. The van der Waals surface area contributed by atoms with Crippen molar-refractivity contribution < 1.29 is 23.9 Å². The molecule has 86 valence electrons. The summed E-state index contributed by atoms with van der Waals surface area (Å²) < 4.78 is 8.75. The van der Waals surface area contributed by atoms with Crippen LogP contribution in [0.25, 0.3) is 0 Å². The minimum Gasteiger partial charge on any atom is -0.432 e. The molecule has 0 unspecified atom stereocenters. The van der Waals surface area contributed by atoms with E-state index in [9.17, 15) is 14.4 Å². The van der Waals surface area contributed by atoms with Crippen LogP contribution in [0.15, 0.2) is 37.1 Å². The van der Waals surface area contributed by atoms with E-state index in [0.29, 0.717) is 0 Å². The molecule has 0 heterocycles. The van der Waals surface area contributed by atoms with Crippen LogP contribution >= 0.6 is 0 Å². The van der Waals surface area contributed by atoms with Gasteiger partial charge in [-0.3, -0.25) is 9.59 Å². The Balaban J connectivity index is 4.57. The Morgan fingerprint density at radius 2 is 1.88 bits per heavy atom. The Kier molecular flexibility index (Phi) is 6.19. The summed E-state index contributed by atoms with van der Waals surface area (Å²) in [7, 11) is 0.